The highest BCUT2D eigenvalue weighted by Gasteiger charge is 2.34. The van der Waals surface area contributed by atoms with E-state index in [0.29, 0.717) is 11.5 Å². The Hall–Kier alpha value is -4.38. The van der Waals surface area contributed by atoms with E-state index >= 15 is 0 Å². The standard InChI is InChI=1S/C29H23NO4/c31-26(30-28(20-11-3-1-4-12-20)21-13-5-2-6-14-21)19-33-29(32)27-22-15-7-9-17-24(22)34-25-18-10-8-16-23(25)27/h1-18,27-28H,19H2,(H,30,31). The monoisotopic (exact) mass is 449 g/mol. The average Bonchev–Trinajstić information content (AvgIpc) is 2.90. The highest BCUT2D eigenvalue weighted by atomic mass is 16.5. The molecule has 0 radical (unpaired) electrons. The summed E-state index contributed by atoms with van der Waals surface area (Å²) in [6, 6.07) is 33.8. The minimum absolute atomic E-state index is 0.349. The fourth-order valence-corrected chi connectivity index (χ4v) is 4.24. The molecular formula is C29H23NO4. The van der Waals surface area contributed by atoms with Gasteiger partial charge in [-0.25, -0.2) is 0 Å². The van der Waals surface area contributed by atoms with Gasteiger partial charge in [0.25, 0.3) is 5.91 Å². The van der Waals surface area contributed by atoms with Gasteiger partial charge >= 0.3 is 5.97 Å². The van der Waals surface area contributed by atoms with Gasteiger partial charge in [0.2, 0.25) is 0 Å². The molecule has 1 aliphatic heterocycles. The highest BCUT2D eigenvalue weighted by molar-refractivity contribution is 5.88. The summed E-state index contributed by atoms with van der Waals surface area (Å²) in [5.41, 5.74) is 3.33. The number of hydrogen-bond donors (Lipinski definition) is 1. The number of para-hydroxylation sites is 2. The van der Waals surface area contributed by atoms with E-state index in [1.54, 1.807) is 0 Å². The minimum atomic E-state index is -0.659. The van der Waals surface area contributed by atoms with Crippen molar-refractivity contribution in [1.29, 1.82) is 0 Å². The largest absolute Gasteiger partial charge is 0.457 e. The minimum Gasteiger partial charge on any atom is -0.457 e. The molecule has 168 valence electrons. The number of hydrogen-bond acceptors (Lipinski definition) is 4. The molecule has 0 fully saturated rings. The van der Waals surface area contributed by atoms with Crippen LogP contribution in [0.15, 0.2) is 109 Å². The number of rotatable bonds is 6. The summed E-state index contributed by atoms with van der Waals surface area (Å²) in [5.74, 6) is -0.302. The van der Waals surface area contributed by atoms with Gasteiger partial charge in [-0.2, -0.15) is 0 Å². The Kier molecular flexibility index (Phi) is 6.08. The van der Waals surface area contributed by atoms with Crippen LogP contribution in [-0.2, 0) is 14.3 Å². The van der Waals surface area contributed by atoms with Crippen LogP contribution in [0.2, 0.25) is 0 Å². The zero-order chi connectivity index (χ0) is 23.3. The van der Waals surface area contributed by atoms with Gasteiger partial charge in [0.1, 0.15) is 17.4 Å². The Morgan fingerprint density at radius 3 is 1.71 bits per heavy atom. The lowest BCUT2D eigenvalue weighted by molar-refractivity contribution is -0.149. The predicted octanol–water partition coefficient (Wildman–Crippen LogP) is 5.37. The van der Waals surface area contributed by atoms with E-state index in [4.69, 9.17) is 9.47 Å². The lowest BCUT2D eigenvalue weighted by atomic mass is 9.88. The molecule has 4 aromatic rings. The molecule has 1 amide bonds. The van der Waals surface area contributed by atoms with Crippen LogP contribution in [0.1, 0.15) is 34.2 Å². The summed E-state index contributed by atoms with van der Waals surface area (Å²) in [7, 11) is 0. The Balaban J connectivity index is 1.33. The number of benzene rings is 4. The molecule has 0 aromatic heterocycles. The van der Waals surface area contributed by atoms with E-state index in [0.717, 1.165) is 22.3 Å². The van der Waals surface area contributed by atoms with Crippen LogP contribution in [0.3, 0.4) is 0 Å². The molecule has 0 unspecified atom stereocenters. The second-order valence-corrected chi connectivity index (χ2v) is 8.04. The zero-order valence-corrected chi connectivity index (χ0v) is 18.4. The fraction of sp³-hybridized carbons (Fsp3) is 0.103. The van der Waals surface area contributed by atoms with Crippen molar-refractivity contribution in [1.82, 2.24) is 5.32 Å². The van der Waals surface area contributed by atoms with Crippen LogP contribution in [0, 0.1) is 0 Å². The van der Waals surface area contributed by atoms with Crippen molar-refractivity contribution in [2.24, 2.45) is 0 Å². The van der Waals surface area contributed by atoms with Crippen molar-refractivity contribution in [3.8, 4) is 11.5 Å². The number of ether oxygens (including phenoxy) is 2. The van der Waals surface area contributed by atoms with Crippen LogP contribution >= 0.6 is 0 Å². The second kappa shape index (κ2) is 9.63. The van der Waals surface area contributed by atoms with Gasteiger partial charge in [-0.15, -0.1) is 0 Å². The quantitative estimate of drug-likeness (QED) is 0.402. The molecule has 1 heterocycles. The molecule has 34 heavy (non-hydrogen) atoms. The fourth-order valence-electron chi connectivity index (χ4n) is 4.24. The molecule has 5 rings (SSSR count). The van der Waals surface area contributed by atoms with Crippen molar-refractivity contribution >= 4 is 11.9 Å². The smallest absolute Gasteiger partial charge is 0.318 e. The lowest BCUT2D eigenvalue weighted by Crippen LogP contribution is -2.34. The summed E-state index contributed by atoms with van der Waals surface area (Å²) in [5, 5.41) is 3.01. The summed E-state index contributed by atoms with van der Waals surface area (Å²) < 4.78 is 11.5. The summed E-state index contributed by atoms with van der Waals surface area (Å²) >= 11 is 0. The maximum absolute atomic E-state index is 13.2. The van der Waals surface area contributed by atoms with Crippen LogP contribution in [0.4, 0.5) is 0 Å². The van der Waals surface area contributed by atoms with E-state index in [1.165, 1.54) is 0 Å². The first-order valence-electron chi connectivity index (χ1n) is 11.1. The molecule has 0 bridgehead atoms. The zero-order valence-electron chi connectivity index (χ0n) is 18.4. The van der Waals surface area contributed by atoms with Gasteiger partial charge in [0.15, 0.2) is 6.61 Å². The highest BCUT2D eigenvalue weighted by Crippen LogP contribution is 2.44. The molecule has 0 atom stereocenters. The number of amides is 1. The molecule has 0 saturated heterocycles. The van der Waals surface area contributed by atoms with Gasteiger partial charge < -0.3 is 14.8 Å². The average molecular weight is 450 g/mol. The first-order chi connectivity index (χ1) is 16.7. The predicted molar refractivity (Wildman–Crippen MR) is 129 cm³/mol. The van der Waals surface area contributed by atoms with Gasteiger partial charge in [0, 0.05) is 11.1 Å². The van der Waals surface area contributed by atoms with E-state index in [1.807, 2.05) is 109 Å². The van der Waals surface area contributed by atoms with Gasteiger partial charge in [-0.3, -0.25) is 9.59 Å². The number of carbonyl (C=O) groups is 2. The molecule has 0 aliphatic carbocycles. The summed E-state index contributed by atoms with van der Waals surface area (Å²) in [6.07, 6.45) is 0. The molecule has 4 aromatic carbocycles. The second-order valence-electron chi connectivity index (χ2n) is 8.04. The van der Waals surface area contributed by atoms with Crippen molar-refractivity contribution in [2.45, 2.75) is 12.0 Å². The Morgan fingerprint density at radius 1 is 0.706 bits per heavy atom. The summed E-state index contributed by atoms with van der Waals surface area (Å²) in [4.78, 5) is 26.1. The van der Waals surface area contributed by atoms with Gasteiger partial charge in [-0.05, 0) is 23.3 Å². The third-order valence-electron chi connectivity index (χ3n) is 5.83. The number of fused-ring (bicyclic) bond motifs is 2. The van der Waals surface area contributed by atoms with E-state index in [2.05, 4.69) is 5.32 Å². The van der Waals surface area contributed by atoms with E-state index in [-0.39, 0.29) is 18.6 Å². The van der Waals surface area contributed by atoms with E-state index in [9.17, 15) is 9.59 Å². The third-order valence-corrected chi connectivity index (χ3v) is 5.83. The first kappa shape index (κ1) is 21.5. The SMILES string of the molecule is O=C(COC(=O)C1c2ccccc2Oc2ccccc21)NC(c1ccccc1)c1ccccc1. The third kappa shape index (κ3) is 4.41. The molecule has 5 nitrogen and oxygen atoms in total. The van der Waals surface area contributed by atoms with Gasteiger partial charge in [-0.1, -0.05) is 97.1 Å². The van der Waals surface area contributed by atoms with Crippen molar-refractivity contribution in [2.75, 3.05) is 6.61 Å². The maximum Gasteiger partial charge on any atom is 0.318 e. The molecule has 1 N–H and O–H groups in total. The molecular weight excluding hydrogens is 426 g/mol. The molecule has 0 saturated carbocycles. The van der Waals surface area contributed by atoms with Gasteiger partial charge in [0.05, 0.1) is 6.04 Å². The van der Waals surface area contributed by atoms with Crippen LogP contribution in [-0.4, -0.2) is 18.5 Å². The normalized spacial score (nSPS) is 12.3. The first-order valence-corrected chi connectivity index (χ1v) is 11.1. The maximum atomic E-state index is 13.2. The van der Waals surface area contributed by atoms with Crippen molar-refractivity contribution in [3.63, 3.8) is 0 Å². The number of esters is 1. The van der Waals surface area contributed by atoms with E-state index < -0.39 is 11.9 Å². The Labute approximate surface area is 198 Å². The summed E-state index contributed by atoms with van der Waals surface area (Å²) in [6.45, 7) is -0.378. The van der Waals surface area contributed by atoms with Crippen molar-refractivity contribution < 1.29 is 19.1 Å². The Bertz CT molecular complexity index is 1220. The molecule has 1 aliphatic rings. The van der Waals surface area contributed by atoms with Crippen LogP contribution < -0.4 is 10.1 Å². The lowest BCUT2D eigenvalue weighted by Gasteiger charge is -2.27. The topological polar surface area (TPSA) is 64.6 Å². The Morgan fingerprint density at radius 2 is 1.18 bits per heavy atom. The van der Waals surface area contributed by atoms with Crippen molar-refractivity contribution in [3.05, 3.63) is 131 Å². The van der Waals surface area contributed by atoms with Crippen LogP contribution in [0.5, 0.6) is 11.5 Å². The molecule has 5 heteroatoms. The number of nitrogens with one attached hydrogen (secondary N) is 1. The number of carbonyl (C=O) groups excluding carboxylic acids is 2. The molecule has 0 spiro atoms. The van der Waals surface area contributed by atoms with Crippen LogP contribution in [0.25, 0.3) is 0 Å².